The maximum Gasteiger partial charge on any atom is 0.255 e. The molecule has 2 aromatic rings. The summed E-state index contributed by atoms with van der Waals surface area (Å²) in [6.07, 6.45) is 0. The first kappa shape index (κ1) is 15.0. The summed E-state index contributed by atoms with van der Waals surface area (Å²) in [7, 11) is 0. The monoisotopic (exact) mass is 281 g/mol. The van der Waals surface area contributed by atoms with Crippen molar-refractivity contribution in [2.75, 3.05) is 5.32 Å². The first-order valence-corrected chi connectivity index (χ1v) is 6.90. The molecule has 0 unspecified atom stereocenters. The highest BCUT2D eigenvalue weighted by molar-refractivity contribution is 6.10. The second kappa shape index (κ2) is 5.92. The fraction of sp³-hybridized carbons (Fsp3) is 0.222. The van der Waals surface area contributed by atoms with Gasteiger partial charge in [0.15, 0.2) is 5.78 Å². The molecular formula is C18H19NO2. The van der Waals surface area contributed by atoms with Crippen LogP contribution in [0.2, 0.25) is 0 Å². The number of para-hydroxylation sites is 1. The summed E-state index contributed by atoms with van der Waals surface area (Å²) in [6.45, 7) is 5.60. The zero-order valence-electron chi connectivity index (χ0n) is 12.5. The third kappa shape index (κ3) is 3.57. The van der Waals surface area contributed by atoms with Gasteiger partial charge in [0, 0.05) is 16.5 Å². The number of ketones is 1. The molecule has 3 heteroatoms. The average Bonchev–Trinajstić information content (AvgIpc) is 2.47. The van der Waals surface area contributed by atoms with Crippen LogP contribution in [0, 0.1) is 5.41 Å². The summed E-state index contributed by atoms with van der Waals surface area (Å²) in [6, 6.07) is 16.0. The van der Waals surface area contributed by atoms with Gasteiger partial charge in [-0.15, -0.1) is 0 Å². The van der Waals surface area contributed by atoms with E-state index in [-0.39, 0.29) is 11.7 Å². The van der Waals surface area contributed by atoms with Crippen molar-refractivity contribution in [3.05, 3.63) is 65.7 Å². The van der Waals surface area contributed by atoms with E-state index in [1.54, 1.807) is 48.5 Å². The van der Waals surface area contributed by atoms with Crippen LogP contribution >= 0.6 is 0 Å². The normalized spacial score (nSPS) is 11.0. The Kier molecular flexibility index (Phi) is 4.22. The van der Waals surface area contributed by atoms with E-state index < -0.39 is 5.41 Å². The van der Waals surface area contributed by atoms with Crippen molar-refractivity contribution < 1.29 is 9.59 Å². The summed E-state index contributed by atoms with van der Waals surface area (Å²) >= 11 is 0. The first-order valence-electron chi connectivity index (χ1n) is 6.90. The molecule has 108 valence electrons. The second-order valence-electron chi connectivity index (χ2n) is 5.94. The molecular weight excluding hydrogens is 262 g/mol. The van der Waals surface area contributed by atoms with Crippen molar-refractivity contribution in [3.63, 3.8) is 0 Å². The molecule has 1 amide bonds. The van der Waals surface area contributed by atoms with Crippen molar-refractivity contribution in [1.29, 1.82) is 0 Å². The number of carbonyl (C=O) groups is 2. The Morgan fingerprint density at radius 2 is 1.43 bits per heavy atom. The molecule has 0 atom stereocenters. The van der Waals surface area contributed by atoms with Crippen molar-refractivity contribution in [2.24, 2.45) is 5.41 Å². The Bertz CT molecular complexity index is 654. The fourth-order valence-electron chi connectivity index (χ4n) is 1.98. The Labute approximate surface area is 125 Å². The number of nitrogens with one attached hydrogen (secondary N) is 1. The van der Waals surface area contributed by atoms with Crippen LogP contribution < -0.4 is 5.32 Å². The molecule has 0 aliphatic rings. The third-order valence-corrected chi connectivity index (χ3v) is 3.14. The average molecular weight is 281 g/mol. The molecule has 0 saturated carbocycles. The van der Waals surface area contributed by atoms with E-state index in [4.69, 9.17) is 0 Å². The number of Topliss-reactive ketones (excluding diaryl/α,β-unsaturated/α-hetero) is 1. The van der Waals surface area contributed by atoms with Gasteiger partial charge >= 0.3 is 0 Å². The number of amides is 1. The van der Waals surface area contributed by atoms with E-state index in [0.717, 1.165) is 0 Å². The highest BCUT2D eigenvalue weighted by Crippen LogP contribution is 2.26. The summed E-state index contributed by atoms with van der Waals surface area (Å²) < 4.78 is 0. The van der Waals surface area contributed by atoms with Crippen LogP contribution in [0.3, 0.4) is 0 Å². The van der Waals surface area contributed by atoms with Gasteiger partial charge in [0.1, 0.15) is 0 Å². The van der Waals surface area contributed by atoms with Gasteiger partial charge in [-0.2, -0.15) is 0 Å². The predicted octanol–water partition coefficient (Wildman–Crippen LogP) is 4.17. The molecule has 2 aromatic carbocycles. The molecule has 21 heavy (non-hydrogen) atoms. The molecule has 0 bridgehead atoms. The van der Waals surface area contributed by atoms with E-state index in [0.29, 0.717) is 16.8 Å². The zero-order chi connectivity index (χ0) is 15.5. The van der Waals surface area contributed by atoms with Crippen LogP contribution in [0.25, 0.3) is 0 Å². The topological polar surface area (TPSA) is 46.2 Å². The second-order valence-corrected chi connectivity index (χ2v) is 5.94. The smallest absolute Gasteiger partial charge is 0.255 e. The van der Waals surface area contributed by atoms with Crippen LogP contribution in [0.15, 0.2) is 54.6 Å². The maximum absolute atomic E-state index is 12.5. The molecule has 1 N–H and O–H groups in total. The molecule has 0 spiro atoms. The standard InChI is InChI=1S/C18H19NO2/c1-18(2,3)16(20)14-11-7-8-12-15(14)19-17(21)13-9-5-4-6-10-13/h4-12H,1-3H3,(H,19,21). The van der Waals surface area contributed by atoms with Gasteiger partial charge in [-0.05, 0) is 24.3 Å². The zero-order valence-corrected chi connectivity index (χ0v) is 12.5. The molecule has 0 aliphatic carbocycles. The Balaban J connectivity index is 2.30. The SMILES string of the molecule is CC(C)(C)C(=O)c1ccccc1NC(=O)c1ccccc1. The van der Waals surface area contributed by atoms with Crippen LogP contribution in [0.5, 0.6) is 0 Å². The number of benzene rings is 2. The van der Waals surface area contributed by atoms with Gasteiger partial charge in [-0.3, -0.25) is 9.59 Å². The minimum Gasteiger partial charge on any atom is -0.321 e. The van der Waals surface area contributed by atoms with E-state index in [9.17, 15) is 9.59 Å². The third-order valence-electron chi connectivity index (χ3n) is 3.14. The first-order chi connectivity index (χ1) is 9.89. The lowest BCUT2D eigenvalue weighted by Crippen LogP contribution is -2.22. The van der Waals surface area contributed by atoms with Gasteiger partial charge < -0.3 is 5.32 Å². The van der Waals surface area contributed by atoms with Gasteiger partial charge in [0.25, 0.3) is 5.91 Å². The number of hydrogen-bond acceptors (Lipinski definition) is 2. The van der Waals surface area contributed by atoms with Gasteiger partial charge in [0.2, 0.25) is 0 Å². The quantitative estimate of drug-likeness (QED) is 0.858. The molecule has 0 heterocycles. The van der Waals surface area contributed by atoms with Crippen LogP contribution in [0.4, 0.5) is 5.69 Å². The Hall–Kier alpha value is -2.42. The summed E-state index contributed by atoms with van der Waals surface area (Å²) in [5, 5.41) is 2.82. The lowest BCUT2D eigenvalue weighted by Gasteiger charge is -2.19. The molecule has 0 saturated heterocycles. The molecule has 0 aromatic heterocycles. The highest BCUT2D eigenvalue weighted by Gasteiger charge is 2.25. The summed E-state index contributed by atoms with van der Waals surface area (Å²) in [4.78, 5) is 24.7. The number of rotatable bonds is 3. The van der Waals surface area contributed by atoms with Crippen LogP contribution in [-0.4, -0.2) is 11.7 Å². The lowest BCUT2D eigenvalue weighted by molar-refractivity contribution is 0.0859. The van der Waals surface area contributed by atoms with Crippen molar-refractivity contribution >= 4 is 17.4 Å². The number of anilines is 1. The van der Waals surface area contributed by atoms with Crippen LogP contribution in [0.1, 0.15) is 41.5 Å². The van der Waals surface area contributed by atoms with E-state index in [1.807, 2.05) is 26.8 Å². The van der Waals surface area contributed by atoms with Crippen molar-refractivity contribution in [2.45, 2.75) is 20.8 Å². The minimum atomic E-state index is -0.492. The highest BCUT2D eigenvalue weighted by atomic mass is 16.2. The Morgan fingerprint density at radius 1 is 0.857 bits per heavy atom. The Morgan fingerprint density at radius 3 is 2.05 bits per heavy atom. The van der Waals surface area contributed by atoms with E-state index >= 15 is 0 Å². The lowest BCUT2D eigenvalue weighted by atomic mass is 9.86. The van der Waals surface area contributed by atoms with Gasteiger partial charge in [-0.1, -0.05) is 51.1 Å². The van der Waals surface area contributed by atoms with Crippen LogP contribution in [-0.2, 0) is 0 Å². The maximum atomic E-state index is 12.5. The molecule has 2 rings (SSSR count). The van der Waals surface area contributed by atoms with Gasteiger partial charge in [0.05, 0.1) is 5.69 Å². The molecule has 0 aliphatic heterocycles. The van der Waals surface area contributed by atoms with Crippen molar-refractivity contribution in [1.82, 2.24) is 0 Å². The number of hydrogen-bond donors (Lipinski definition) is 1. The van der Waals surface area contributed by atoms with E-state index in [1.165, 1.54) is 0 Å². The number of carbonyl (C=O) groups excluding carboxylic acids is 2. The molecule has 3 nitrogen and oxygen atoms in total. The fourth-order valence-corrected chi connectivity index (χ4v) is 1.98. The summed E-state index contributed by atoms with van der Waals surface area (Å²) in [5.74, 6) is -0.212. The van der Waals surface area contributed by atoms with E-state index in [2.05, 4.69) is 5.32 Å². The minimum absolute atomic E-state index is 0.00598. The predicted molar refractivity (Wildman–Crippen MR) is 84.6 cm³/mol. The molecule has 0 radical (unpaired) electrons. The van der Waals surface area contributed by atoms with Gasteiger partial charge in [-0.25, -0.2) is 0 Å². The van der Waals surface area contributed by atoms with Crippen molar-refractivity contribution in [3.8, 4) is 0 Å². The summed E-state index contributed by atoms with van der Waals surface area (Å²) in [5.41, 5.74) is 1.16. The molecule has 0 fully saturated rings. The largest absolute Gasteiger partial charge is 0.321 e.